The molecule has 0 aliphatic carbocycles. The fourth-order valence-electron chi connectivity index (χ4n) is 3.87. The highest BCUT2D eigenvalue weighted by Gasteiger charge is 2.32. The topological polar surface area (TPSA) is 87.7 Å². The molecule has 2 aromatic heterocycles. The van der Waals surface area contributed by atoms with Crippen LogP contribution >= 0.6 is 0 Å². The number of aryl methyl sites for hydroxylation is 2. The highest BCUT2D eigenvalue weighted by molar-refractivity contribution is 5.63. The molecule has 2 unspecified atom stereocenters. The predicted octanol–water partition coefficient (Wildman–Crippen LogP) is 4.17. The monoisotopic (exact) mass is 393 g/mol. The van der Waals surface area contributed by atoms with Crippen molar-refractivity contribution in [2.45, 2.75) is 39.2 Å². The number of aromatic nitrogens is 4. The van der Waals surface area contributed by atoms with Crippen molar-refractivity contribution in [1.82, 2.24) is 19.9 Å². The van der Waals surface area contributed by atoms with Crippen LogP contribution in [0.5, 0.6) is 0 Å². The summed E-state index contributed by atoms with van der Waals surface area (Å²) in [5.41, 5.74) is 2.86. The molecule has 0 radical (unpaired) electrons. The summed E-state index contributed by atoms with van der Waals surface area (Å²) >= 11 is 0. The van der Waals surface area contributed by atoms with Gasteiger partial charge in [-0.05, 0) is 44.4 Å². The second-order valence-electron chi connectivity index (χ2n) is 7.31. The number of rotatable bonds is 6. The smallest absolute Gasteiger partial charge is 0.150 e. The van der Waals surface area contributed by atoms with Gasteiger partial charge in [0, 0.05) is 37.0 Å². The van der Waals surface area contributed by atoms with E-state index < -0.39 is 0 Å². The lowest BCUT2D eigenvalue weighted by Crippen LogP contribution is -2.19. The number of nitrogens with one attached hydrogen (secondary N) is 3. The van der Waals surface area contributed by atoms with Crippen LogP contribution in [-0.4, -0.2) is 32.5 Å². The molecule has 3 N–H and O–H groups in total. The number of halogens is 1. The normalized spacial score (nSPS) is 17.5. The number of benzene rings is 1. The summed E-state index contributed by atoms with van der Waals surface area (Å²) in [5, 5.41) is 9.81. The van der Waals surface area contributed by atoms with Crippen molar-refractivity contribution in [3.05, 3.63) is 59.6 Å². The molecule has 3 aromatic rings. The fraction of sp³-hybridized carbons (Fsp3) is 0.333. The standard InChI is InChI=1S/C21H24FN7/c1-12-4-5-16(22)21-20(12)15(13(2)26-21)6-7-24-17-10-18(28-14(3)27-17)29-19-11-23-8-9-25-19/h4-5,8-11,13,15,26H,6-7H2,1-3H3,(H2,24,25,27,28,29). The Balaban J connectivity index is 1.44. The van der Waals surface area contributed by atoms with Crippen LogP contribution in [0, 0.1) is 19.7 Å². The minimum absolute atomic E-state index is 0.181. The third-order valence-electron chi connectivity index (χ3n) is 5.18. The van der Waals surface area contributed by atoms with Crippen LogP contribution in [0.3, 0.4) is 0 Å². The van der Waals surface area contributed by atoms with Gasteiger partial charge >= 0.3 is 0 Å². The second-order valence-corrected chi connectivity index (χ2v) is 7.31. The zero-order chi connectivity index (χ0) is 20.4. The quantitative estimate of drug-likeness (QED) is 0.579. The minimum Gasteiger partial charge on any atom is -0.379 e. The first-order chi connectivity index (χ1) is 14.0. The molecule has 1 aliphatic heterocycles. The maximum atomic E-state index is 14.2. The number of hydrogen-bond donors (Lipinski definition) is 3. The van der Waals surface area contributed by atoms with Crippen molar-refractivity contribution >= 4 is 23.1 Å². The summed E-state index contributed by atoms with van der Waals surface area (Å²) in [6, 6.07) is 5.41. The summed E-state index contributed by atoms with van der Waals surface area (Å²) < 4.78 is 14.2. The molecule has 4 rings (SSSR count). The lowest BCUT2D eigenvalue weighted by Gasteiger charge is -2.18. The number of anilines is 4. The van der Waals surface area contributed by atoms with E-state index in [4.69, 9.17) is 0 Å². The van der Waals surface area contributed by atoms with Crippen molar-refractivity contribution in [3.8, 4) is 0 Å². The SMILES string of the molecule is Cc1nc(NCCC2c3c(C)ccc(F)c3NC2C)cc(Nc2cnccn2)n1. The molecule has 0 bridgehead atoms. The molecule has 1 aromatic carbocycles. The Morgan fingerprint density at radius 1 is 1.10 bits per heavy atom. The van der Waals surface area contributed by atoms with Gasteiger partial charge in [-0.3, -0.25) is 4.98 Å². The van der Waals surface area contributed by atoms with Crippen molar-refractivity contribution in [3.63, 3.8) is 0 Å². The van der Waals surface area contributed by atoms with Crippen LogP contribution in [-0.2, 0) is 0 Å². The van der Waals surface area contributed by atoms with E-state index in [1.54, 1.807) is 18.6 Å². The largest absolute Gasteiger partial charge is 0.379 e. The molecule has 3 heterocycles. The zero-order valence-corrected chi connectivity index (χ0v) is 16.7. The van der Waals surface area contributed by atoms with Gasteiger partial charge < -0.3 is 16.0 Å². The van der Waals surface area contributed by atoms with Crippen molar-refractivity contribution in [2.24, 2.45) is 0 Å². The third-order valence-corrected chi connectivity index (χ3v) is 5.18. The fourth-order valence-corrected chi connectivity index (χ4v) is 3.87. The van der Waals surface area contributed by atoms with Crippen LogP contribution in [0.15, 0.2) is 36.8 Å². The molecule has 8 heteroatoms. The molecule has 1 aliphatic rings. The molecule has 7 nitrogen and oxygen atoms in total. The molecule has 29 heavy (non-hydrogen) atoms. The Morgan fingerprint density at radius 3 is 2.72 bits per heavy atom. The first-order valence-electron chi connectivity index (χ1n) is 9.69. The molecule has 150 valence electrons. The van der Waals surface area contributed by atoms with E-state index in [2.05, 4.69) is 42.8 Å². The molecular weight excluding hydrogens is 369 g/mol. The number of fused-ring (bicyclic) bond motifs is 1. The molecule has 0 saturated carbocycles. The van der Waals surface area contributed by atoms with Gasteiger partial charge in [0.25, 0.3) is 0 Å². The average Bonchev–Trinajstić information content (AvgIpc) is 3.03. The van der Waals surface area contributed by atoms with Gasteiger partial charge in [0.1, 0.15) is 29.1 Å². The number of nitrogens with zero attached hydrogens (tertiary/aromatic N) is 4. The number of hydrogen-bond acceptors (Lipinski definition) is 7. The Bertz CT molecular complexity index is 1010. The van der Waals surface area contributed by atoms with Crippen LogP contribution in [0.1, 0.15) is 36.2 Å². The molecule has 2 atom stereocenters. The summed E-state index contributed by atoms with van der Waals surface area (Å²) in [6.07, 6.45) is 5.74. The molecule has 0 saturated heterocycles. The maximum absolute atomic E-state index is 14.2. The summed E-state index contributed by atoms with van der Waals surface area (Å²) in [5.74, 6) is 2.72. The van der Waals surface area contributed by atoms with Gasteiger partial charge in [0.15, 0.2) is 0 Å². The predicted molar refractivity (Wildman–Crippen MR) is 112 cm³/mol. The summed E-state index contributed by atoms with van der Waals surface area (Å²) in [6.45, 7) is 6.70. The first kappa shape index (κ1) is 19.0. The Kier molecular flexibility index (Phi) is 5.24. The van der Waals surface area contributed by atoms with Gasteiger partial charge in [-0.2, -0.15) is 0 Å². The zero-order valence-electron chi connectivity index (χ0n) is 16.7. The van der Waals surface area contributed by atoms with Crippen molar-refractivity contribution in [1.29, 1.82) is 0 Å². The lowest BCUT2D eigenvalue weighted by atomic mass is 9.89. The third kappa shape index (κ3) is 4.11. The average molecular weight is 393 g/mol. The van der Waals surface area contributed by atoms with E-state index in [-0.39, 0.29) is 17.8 Å². The van der Waals surface area contributed by atoms with Crippen molar-refractivity contribution < 1.29 is 4.39 Å². The van der Waals surface area contributed by atoms with Crippen molar-refractivity contribution in [2.75, 3.05) is 22.5 Å². The minimum atomic E-state index is -0.181. The Hall–Kier alpha value is -3.29. The highest BCUT2D eigenvalue weighted by Crippen LogP contribution is 2.41. The van der Waals surface area contributed by atoms with Gasteiger partial charge in [-0.1, -0.05) is 6.07 Å². The second kappa shape index (κ2) is 7.98. The van der Waals surface area contributed by atoms with E-state index in [0.717, 1.165) is 23.4 Å². The van der Waals surface area contributed by atoms with E-state index in [1.165, 1.54) is 6.07 Å². The molecule has 0 fully saturated rings. The van der Waals surface area contributed by atoms with Gasteiger partial charge in [-0.25, -0.2) is 19.3 Å². The molecule has 0 spiro atoms. The summed E-state index contributed by atoms with van der Waals surface area (Å²) in [7, 11) is 0. The van der Waals surface area contributed by atoms with Crippen LogP contribution in [0.2, 0.25) is 0 Å². The maximum Gasteiger partial charge on any atom is 0.150 e. The van der Waals surface area contributed by atoms with E-state index in [1.807, 2.05) is 26.0 Å². The Labute approximate surface area is 169 Å². The highest BCUT2D eigenvalue weighted by atomic mass is 19.1. The first-order valence-corrected chi connectivity index (χ1v) is 9.69. The van der Waals surface area contributed by atoms with Crippen LogP contribution in [0.25, 0.3) is 0 Å². The summed E-state index contributed by atoms with van der Waals surface area (Å²) in [4.78, 5) is 17.1. The van der Waals surface area contributed by atoms with E-state index >= 15 is 0 Å². The van der Waals surface area contributed by atoms with Gasteiger partial charge in [0.2, 0.25) is 0 Å². The lowest BCUT2D eigenvalue weighted by molar-refractivity contribution is 0.596. The Morgan fingerprint density at radius 2 is 1.93 bits per heavy atom. The van der Waals surface area contributed by atoms with E-state index in [9.17, 15) is 4.39 Å². The van der Waals surface area contributed by atoms with Crippen LogP contribution in [0.4, 0.5) is 27.5 Å². The molecular formula is C21H24FN7. The van der Waals surface area contributed by atoms with Crippen LogP contribution < -0.4 is 16.0 Å². The van der Waals surface area contributed by atoms with Gasteiger partial charge in [0.05, 0.1) is 11.9 Å². The molecule has 0 amide bonds. The van der Waals surface area contributed by atoms with Gasteiger partial charge in [-0.15, -0.1) is 0 Å². The van der Waals surface area contributed by atoms with E-state index in [0.29, 0.717) is 29.7 Å².